The van der Waals surface area contributed by atoms with E-state index in [-0.39, 0.29) is 0 Å². The van der Waals surface area contributed by atoms with Gasteiger partial charge in [-0.05, 0) is 54.8 Å². The maximum absolute atomic E-state index is 12.6. The van der Waals surface area contributed by atoms with Crippen molar-refractivity contribution in [3.05, 3.63) is 59.2 Å². The van der Waals surface area contributed by atoms with E-state index in [1.54, 1.807) is 31.3 Å². The quantitative estimate of drug-likeness (QED) is 0.883. The molecule has 112 valence electrons. The first kappa shape index (κ1) is 15.5. The van der Waals surface area contributed by atoms with Gasteiger partial charge in [0.1, 0.15) is 0 Å². The number of anilines is 1. The van der Waals surface area contributed by atoms with Crippen molar-refractivity contribution >= 4 is 15.7 Å². The number of nitrogen functional groups attached to an aromatic ring is 1. The van der Waals surface area contributed by atoms with Crippen molar-refractivity contribution in [3.63, 3.8) is 0 Å². The van der Waals surface area contributed by atoms with Gasteiger partial charge in [-0.3, -0.25) is 0 Å². The third-order valence-corrected chi connectivity index (χ3v) is 5.34. The molecule has 2 aromatic carbocycles. The number of nitrogens with two attached hydrogens (primary N) is 1. The second-order valence-corrected chi connectivity index (χ2v) is 7.30. The predicted molar refractivity (Wildman–Crippen MR) is 85.4 cm³/mol. The van der Waals surface area contributed by atoms with Crippen molar-refractivity contribution in [1.29, 1.82) is 0 Å². The summed E-state index contributed by atoms with van der Waals surface area (Å²) in [6, 6.07) is 12.4. The molecule has 0 saturated carbocycles. The third kappa shape index (κ3) is 3.43. The molecule has 0 heterocycles. The Balaban J connectivity index is 2.28. The standard InChI is InChI=1S/C16H20N2O2S/c1-12-7-8-16(9-13(12)2)21(19,20)18(3)11-14-5-4-6-15(17)10-14/h4-10H,11,17H2,1-3H3. The zero-order valence-corrected chi connectivity index (χ0v) is 13.3. The monoisotopic (exact) mass is 304 g/mol. The Morgan fingerprint density at radius 2 is 1.76 bits per heavy atom. The Morgan fingerprint density at radius 1 is 1.05 bits per heavy atom. The van der Waals surface area contributed by atoms with E-state index in [2.05, 4.69) is 0 Å². The lowest BCUT2D eigenvalue weighted by Gasteiger charge is -2.18. The van der Waals surface area contributed by atoms with Crippen LogP contribution in [0.5, 0.6) is 0 Å². The van der Waals surface area contributed by atoms with Gasteiger partial charge in [-0.2, -0.15) is 4.31 Å². The summed E-state index contributed by atoms with van der Waals surface area (Å²) < 4.78 is 26.5. The van der Waals surface area contributed by atoms with Crippen LogP contribution < -0.4 is 5.73 Å². The maximum Gasteiger partial charge on any atom is 0.243 e. The highest BCUT2D eigenvalue weighted by molar-refractivity contribution is 7.89. The predicted octanol–water partition coefficient (Wildman–Crippen LogP) is 2.71. The number of benzene rings is 2. The van der Waals surface area contributed by atoms with E-state index in [0.717, 1.165) is 16.7 Å². The topological polar surface area (TPSA) is 63.4 Å². The van der Waals surface area contributed by atoms with Crippen LogP contribution in [0.25, 0.3) is 0 Å². The van der Waals surface area contributed by atoms with Crippen LogP contribution in [-0.2, 0) is 16.6 Å². The summed E-state index contributed by atoms with van der Waals surface area (Å²) in [5, 5.41) is 0. The smallest absolute Gasteiger partial charge is 0.243 e. The molecule has 4 nitrogen and oxygen atoms in total. The molecule has 0 atom stereocenters. The van der Waals surface area contributed by atoms with Gasteiger partial charge < -0.3 is 5.73 Å². The van der Waals surface area contributed by atoms with Gasteiger partial charge in [0.05, 0.1) is 4.90 Å². The molecule has 0 aliphatic heterocycles. The van der Waals surface area contributed by atoms with Crippen molar-refractivity contribution in [2.75, 3.05) is 12.8 Å². The van der Waals surface area contributed by atoms with Gasteiger partial charge in [0, 0.05) is 19.3 Å². The molecule has 0 spiro atoms. The van der Waals surface area contributed by atoms with Crippen molar-refractivity contribution in [2.45, 2.75) is 25.3 Å². The van der Waals surface area contributed by atoms with Crippen LogP contribution in [0.2, 0.25) is 0 Å². The molecule has 0 fully saturated rings. The largest absolute Gasteiger partial charge is 0.399 e. The lowest BCUT2D eigenvalue weighted by atomic mass is 10.1. The highest BCUT2D eigenvalue weighted by atomic mass is 32.2. The number of hydrogen-bond donors (Lipinski definition) is 1. The molecular weight excluding hydrogens is 284 g/mol. The molecule has 0 bridgehead atoms. The minimum Gasteiger partial charge on any atom is -0.399 e. The van der Waals surface area contributed by atoms with Gasteiger partial charge in [0.25, 0.3) is 0 Å². The summed E-state index contributed by atoms with van der Waals surface area (Å²) >= 11 is 0. The van der Waals surface area contributed by atoms with Crippen LogP contribution in [0.15, 0.2) is 47.4 Å². The van der Waals surface area contributed by atoms with Gasteiger partial charge in [0.15, 0.2) is 0 Å². The molecule has 0 radical (unpaired) electrons. The lowest BCUT2D eigenvalue weighted by Crippen LogP contribution is -2.26. The Hall–Kier alpha value is -1.85. The molecule has 21 heavy (non-hydrogen) atoms. The Bertz CT molecular complexity index is 755. The van der Waals surface area contributed by atoms with Crippen LogP contribution in [0, 0.1) is 13.8 Å². The van der Waals surface area contributed by atoms with E-state index in [1.807, 2.05) is 32.0 Å². The highest BCUT2D eigenvalue weighted by Gasteiger charge is 2.21. The number of hydrogen-bond acceptors (Lipinski definition) is 3. The van der Waals surface area contributed by atoms with E-state index < -0.39 is 10.0 Å². The van der Waals surface area contributed by atoms with E-state index in [4.69, 9.17) is 5.73 Å². The minimum absolute atomic E-state index is 0.292. The van der Waals surface area contributed by atoms with Crippen LogP contribution in [-0.4, -0.2) is 19.8 Å². The van der Waals surface area contributed by atoms with Gasteiger partial charge in [-0.25, -0.2) is 8.42 Å². The van der Waals surface area contributed by atoms with E-state index in [9.17, 15) is 8.42 Å². The number of aryl methyl sites for hydroxylation is 2. The molecule has 0 aliphatic rings. The SMILES string of the molecule is Cc1ccc(S(=O)(=O)N(C)Cc2cccc(N)c2)cc1C. The van der Waals surface area contributed by atoms with Crippen LogP contribution in [0.4, 0.5) is 5.69 Å². The molecule has 0 aromatic heterocycles. The Labute approximate surface area is 126 Å². The zero-order valence-electron chi connectivity index (χ0n) is 12.5. The number of sulfonamides is 1. The molecule has 0 aliphatic carbocycles. The third-order valence-electron chi connectivity index (χ3n) is 3.54. The Morgan fingerprint density at radius 3 is 2.38 bits per heavy atom. The second kappa shape index (κ2) is 5.87. The molecule has 0 saturated heterocycles. The molecule has 2 rings (SSSR count). The van der Waals surface area contributed by atoms with Crippen LogP contribution in [0.1, 0.15) is 16.7 Å². The summed E-state index contributed by atoms with van der Waals surface area (Å²) in [6.45, 7) is 4.16. The summed E-state index contributed by atoms with van der Waals surface area (Å²) in [7, 11) is -1.92. The minimum atomic E-state index is -3.50. The molecule has 0 unspecified atom stereocenters. The first-order valence-corrected chi connectivity index (χ1v) is 8.13. The fourth-order valence-electron chi connectivity index (χ4n) is 2.09. The summed E-state index contributed by atoms with van der Waals surface area (Å²) in [5.74, 6) is 0. The molecule has 0 amide bonds. The first-order valence-electron chi connectivity index (χ1n) is 6.69. The fraction of sp³-hybridized carbons (Fsp3) is 0.250. The van der Waals surface area contributed by atoms with E-state index >= 15 is 0 Å². The summed E-state index contributed by atoms with van der Waals surface area (Å²) in [4.78, 5) is 0.317. The van der Waals surface area contributed by atoms with E-state index in [1.165, 1.54) is 4.31 Å². The average Bonchev–Trinajstić information content (AvgIpc) is 2.41. The van der Waals surface area contributed by atoms with Gasteiger partial charge in [-0.1, -0.05) is 18.2 Å². The lowest BCUT2D eigenvalue weighted by molar-refractivity contribution is 0.466. The number of rotatable bonds is 4. The van der Waals surface area contributed by atoms with Crippen LogP contribution in [0.3, 0.4) is 0 Å². The van der Waals surface area contributed by atoms with Crippen molar-refractivity contribution < 1.29 is 8.42 Å². The van der Waals surface area contributed by atoms with Crippen molar-refractivity contribution in [1.82, 2.24) is 4.31 Å². The fourth-order valence-corrected chi connectivity index (χ4v) is 3.33. The molecule has 5 heteroatoms. The maximum atomic E-state index is 12.6. The summed E-state index contributed by atoms with van der Waals surface area (Å²) in [5.41, 5.74) is 9.26. The first-order chi connectivity index (χ1) is 9.80. The van der Waals surface area contributed by atoms with Crippen molar-refractivity contribution in [3.8, 4) is 0 Å². The Kier molecular flexibility index (Phi) is 4.34. The highest BCUT2D eigenvalue weighted by Crippen LogP contribution is 2.20. The van der Waals surface area contributed by atoms with Gasteiger partial charge in [0.2, 0.25) is 10.0 Å². The normalized spacial score (nSPS) is 11.8. The second-order valence-electron chi connectivity index (χ2n) is 5.25. The van der Waals surface area contributed by atoms with Gasteiger partial charge in [-0.15, -0.1) is 0 Å². The van der Waals surface area contributed by atoms with Crippen molar-refractivity contribution in [2.24, 2.45) is 0 Å². The molecule has 2 aromatic rings. The average molecular weight is 304 g/mol. The molecular formula is C16H20N2O2S. The number of nitrogens with zero attached hydrogens (tertiary/aromatic N) is 1. The van der Waals surface area contributed by atoms with Gasteiger partial charge >= 0.3 is 0 Å². The van der Waals surface area contributed by atoms with E-state index in [0.29, 0.717) is 17.1 Å². The van der Waals surface area contributed by atoms with Crippen LogP contribution >= 0.6 is 0 Å². The zero-order chi connectivity index (χ0) is 15.6. The molecule has 2 N–H and O–H groups in total. The summed E-state index contributed by atoms with van der Waals surface area (Å²) in [6.07, 6.45) is 0.